The molecule has 1 atom stereocenters. The fraction of sp³-hybridized carbons (Fsp3) is 0.667. The minimum Gasteiger partial charge on any atom is -0.335 e. The van der Waals surface area contributed by atoms with Gasteiger partial charge in [-0.25, -0.2) is 4.79 Å². The summed E-state index contributed by atoms with van der Waals surface area (Å²) in [7, 11) is 4.04. The van der Waals surface area contributed by atoms with Crippen molar-refractivity contribution in [1.82, 2.24) is 19.7 Å². The third-order valence-electron chi connectivity index (χ3n) is 5.08. The molecule has 6 heteroatoms. The number of likely N-dealkylation sites (tertiary alicyclic amines) is 1. The summed E-state index contributed by atoms with van der Waals surface area (Å²) >= 11 is 0. The Kier molecular flexibility index (Phi) is 5.23. The molecule has 1 aliphatic carbocycles. The number of urea groups is 1. The standard InChI is InChI=1S/C18H28N4O2/c1-20(2)11-12-22-16-7-6-15(13-14(16)5-8-17(22)23)19-18(24)21-9-3-4-10-21/h5,8,15H,3-4,6-7,9-13H2,1-2H3,(H,19,24). The lowest BCUT2D eigenvalue weighted by molar-refractivity contribution is 0.203. The van der Waals surface area contributed by atoms with Crippen molar-refractivity contribution >= 4 is 6.03 Å². The van der Waals surface area contributed by atoms with E-state index in [4.69, 9.17) is 0 Å². The number of carbonyl (C=O) groups is 1. The molecule has 0 radical (unpaired) electrons. The number of hydrogen-bond acceptors (Lipinski definition) is 3. The molecule has 1 saturated heterocycles. The first-order valence-corrected chi connectivity index (χ1v) is 8.96. The molecular formula is C18H28N4O2. The van der Waals surface area contributed by atoms with Gasteiger partial charge in [-0.05, 0) is 51.8 Å². The van der Waals surface area contributed by atoms with Crippen molar-refractivity contribution < 1.29 is 4.79 Å². The van der Waals surface area contributed by atoms with Crippen LogP contribution in [-0.2, 0) is 19.4 Å². The Hall–Kier alpha value is -1.82. The fourth-order valence-corrected chi connectivity index (χ4v) is 3.68. The van der Waals surface area contributed by atoms with E-state index in [1.165, 1.54) is 5.56 Å². The summed E-state index contributed by atoms with van der Waals surface area (Å²) in [5, 5.41) is 3.18. The molecule has 1 aliphatic heterocycles. The average Bonchev–Trinajstić information content (AvgIpc) is 3.08. The first-order chi connectivity index (χ1) is 11.5. The molecule has 2 aliphatic rings. The highest BCUT2D eigenvalue weighted by Crippen LogP contribution is 2.21. The Bertz CT molecular complexity index is 647. The number of aromatic nitrogens is 1. The molecule has 0 aromatic carbocycles. The van der Waals surface area contributed by atoms with E-state index in [0.29, 0.717) is 0 Å². The van der Waals surface area contributed by atoms with Crippen LogP contribution >= 0.6 is 0 Å². The number of hydrogen-bond donors (Lipinski definition) is 1. The summed E-state index contributed by atoms with van der Waals surface area (Å²) in [6, 6.07) is 3.85. The first kappa shape index (κ1) is 17.0. The summed E-state index contributed by atoms with van der Waals surface area (Å²) in [6.07, 6.45) is 4.79. The number of rotatable bonds is 4. The smallest absolute Gasteiger partial charge is 0.317 e. The first-order valence-electron chi connectivity index (χ1n) is 8.96. The van der Waals surface area contributed by atoms with Crippen LogP contribution in [0.3, 0.4) is 0 Å². The van der Waals surface area contributed by atoms with E-state index in [2.05, 4.69) is 10.2 Å². The molecule has 1 fully saturated rings. The van der Waals surface area contributed by atoms with Gasteiger partial charge in [-0.15, -0.1) is 0 Å². The Balaban J connectivity index is 1.68. The maximum absolute atomic E-state index is 12.3. The zero-order chi connectivity index (χ0) is 17.1. The lowest BCUT2D eigenvalue weighted by Gasteiger charge is -2.29. The van der Waals surface area contributed by atoms with E-state index in [0.717, 1.165) is 64.0 Å². The van der Waals surface area contributed by atoms with Gasteiger partial charge in [-0.3, -0.25) is 4.79 Å². The third kappa shape index (κ3) is 3.80. The van der Waals surface area contributed by atoms with Crippen LogP contribution in [0.2, 0.25) is 0 Å². The van der Waals surface area contributed by atoms with Gasteiger partial charge >= 0.3 is 6.03 Å². The lowest BCUT2D eigenvalue weighted by atomic mass is 9.91. The molecule has 132 valence electrons. The molecule has 0 saturated carbocycles. The molecule has 1 N–H and O–H groups in total. The summed E-state index contributed by atoms with van der Waals surface area (Å²) in [4.78, 5) is 28.5. The number of pyridine rings is 1. The summed E-state index contributed by atoms with van der Waals surface area (Å²) in [5.74, 6) is 0. The van der Waals surface area contributed by atoms with Crippen LogP contribution in [0.1, 0.15) is 30.5 Å². The molecule has 2 amide bonds. The van der Waals surface area contributed by atoms with Gasteiger partial charge in [-0.1, -0.05) is 6.07 Å². The zero-order valence-corrected chi connectivity index (χ0v) is 14.8. The fourth-order valence-electron chi connectivity index (χ4n) is 3.68. The Morgan fingerprint density at radius 3 is 2.75 bits per heavy atom. The van der Waals surface area contributed by atoms with Crippen LogP contribution in [-0.4, -0.2) is 60.2 Å². The summed E-state index contributed by atoms with van der Waals surface area (Å²) in [5.41, 5.74) is 2.43. The predicted molar refractivity (Wildman–Crippen MR) is 94.4 cm³/mol. The predicted octanol–water partition coefficient (Wildman–Crippen LogP) is 1.07. The molecule has 6 nitrogen and oxygen atoms in total. The quantitative estimate of drug-likeness (QED) is 0.897. The van der Waals surface area contributed by atoms with Crippen molar-refractivity contribution in [3.8, 4) is 0 Å². The van der Waals surface area contributed by atoms with Gasteiger partial charge < -0.3 is 19.7 Å². The normalized spacial score (nSPS) is 20.3. The van der Waals surface area contributed by atoms with Crippen molar-refractivity contribution in [1.29, 1.82) is 0 Å². The molecule has 0 spiro atoms. The van der Waals surface area contributed by atoms with E-state index in [-0.39, 0.29) is 17.6 Å². The van der Waals surface area contributed by atoms with Crippen molar-refractivity contribution in [3.05, 3.63) is 33.7 Å². The van der Waals surface area contributed by atoms with Gasteiger partial charge in [0.2, 0.25) is 0 Å². The van der Waals surface area contributed by atoms with Crippen LogP contribution < -0.4 is 10.9 Å². The highest BCUT2D eigenvalue weighted by Gasteiger charge is 2.25. The van der Waals surface area contributed by atoms with Crippen molar-refractivity contribution in [2.24, 2.45) is 0 Å². The average molecular weight is 332 g/mol. The van der Waals surface area contributed by atoms with E-state index in [1.807, 2.05) is 29.6 Å². The SMILES string of the molecule is CN(C)CCn1c2c(ccc1=O)CC(NC(=O)N1CCCC1)CC2. The molecule has 2 heterocycles. The van der Waals surface area contributed by atoms with Crippen LogP contribution in [0, 0.1) is 0 Å². The number of likely N-dealkylation sites (N-methyl/N-ethyl adjacent to an activating group) is 1. The number of nitrogens with one attached hydrogen (secondary N) is 1. The molecule has 0 bridgehead atoms. The highest BCUT2D eigenvalue weighted by molar-refractivity contribution is 5.74. The van der Waals surface area contributed by atoms with E-state index in [1.54, 1.807) is 6.07 Å². The second-order valence-corrected chi connectivity index (χ2v) is 7.18. The topological polar surface area (TPSA) is 57.6 Å². The van der Waals surface area contributed by atoms with Gasteiger partial charge in [0, 0.05) is 44.0 Å². The summed E-state index contributed by atoms with van der Waals surface area (Å²) in [6.45, 7) is 3.32. The number of fused-ring (bicyclic) bond motifs is 1. The Morgan fingerprint density at radius 2 is 2.04 bits per heavy atom. The molecule has 24 heavy (non-hydrogen) atoms. The van der Waals surface area contributed by atoms with Crippen LogP contribution in [0.15, 0.2) is 16.9 Å². The molecule has 3 rings (SSSR count). The van der Waals surface area contributed by atoms with Gasteiger partial charge in [-0.2, -0.15) is 0 Å². The minimum absolute atomic E-state index is 0.0712. The molecular weight excluding hydrogens is 304 g/mol. The second-order valence-electron chi connectivity index (χ2n) is 7.18. The van der Waals surface area contributed by atoms with Crippen molar-refractivity contribution in [2.75, 3.05) is 33.7 Å². The molecule has 1 unspecified atom stereocenters. The van der Waals surface area contributed by atoms with E-state index >= 15 is 0 Å². The monoisotopic (exact) mass is 332 g/mol. The maximum atomic E-state index is 12.3. The van der Waals surface area contributed by atoms with Crippen molar-refractivity contribution in [3.63, 3.8) is 0 Å². The maximum Gasteiger partial charge on any atom is 0.317 e. The molecule has 1 aromatic rings. The van der Waals surface area contributed by atoms with Gasteiger partial charge in [0.15, 0.2) is 0 Å². The number of nitrogens with zero attached hydrogens (tertiary/aromatic N) is 3. The van der Waals surface area contributed by atoms with Crippen LogP contribution in [0.5, 0.6) is 0 Å². The zero-order valence-electron chi connectivity index (χ0n) is 14.8. The van der Waals surface area contributed by atoms with E-state index < -0.39 is 0 Å². The largest absolute Gasteiger partial charge is 0.335 e. The minimum atomic E-state index is 0.0712. The number of carbonyl (C=O) groups excluding carboxylic acids is 1. The Labute approximate surface area is 143 Å². The third-order valence-corrected chi connectivity index (χ3v) is 5.08. The van der Waals surface area contributed by atoms with Gasteiger partial charge in [0.05, 0.1) is 0 Å². The lowest BCUT2D eigenvalue weighted by Crippen LogP contribution is -2.46. The van der Waals surface area contributed by atoms with Gasteiger partial charge in [0.1, 0.15) is 0 Å². The van der Waals surface area contributed by atoms with Gasteiger partial charge in [0.25, 0.3) is 5.56 Å². The highest BCUT2D eigenvalue weighted by atomic mass is 16.2. The second kappa shape index (κ2) is 7.38. The van der Waals surface area contributed by atoms with Crippen LogP contribution in [0.4, 0.5) is 4.79 Å². The number of amides is 2. The van der Waals surface area contributed by atoms with E-state index in [9.17, 15) is 9.59 Å². The van der Waals surface area contributed by atoms with Crippen LogP contribution in [0.25, 0.3) is 0 Å². The Morgan fingerprint density at radius 1 is 1.29 bits per heavy atom. The van der Waals surface area contributed by atoms with Crippen molar-refractivity contribution in [2.45, 2.75) is 44.7 Å². The molecule has 1 aromatic heterocycles. The summed E-state index contributed by atoms with van der Waals surface area (Å²) < 4.78 is 1.91.